The molecule has 0 amide bonds. The molecule has 0 aliphatic carbocycles. The predicted octanol–water partition coefficient (Wildman–Crippen LogP) is 2.64. The van der Waals surface area contributed by atoms with Crippen molar-refractivity contribution in [3.8, 4) is 11.5 Å². The largest absolute Gasteiger partial charge is 0.496 e. The average molecular weight is 227 g/mol. The van der Waals surface area contributed by atoms with Gasteiger partial charge in [0.05, 0.1) is 12.7 Å². The number of hydrogen-bond donors (Lipinski definition) is 0. The van der Waals surface area contributed by atoms with Crippen molar-refractivity contribution < 1.29 is 14.3 Å². The molecule has 4 heteroatoms. The molecular weight excluding hydrogens is 216 g/mol. The van der Waals surface area contributed by atoms with Gasteiger partial charge in [-0.2, -0.15) is 0 Å². The van der Waals surface area contributed by atoms with Gasteiger partial charge >= 0.3 is 0 Å². The van der Waals surface area contributed by atoms with Crippen LogP contribution in [0.15, 0.2) is 30.9 Å². The molecule has 0 aromatic heterocycles. The minimum absolute atomic E-state index is 0.292. The molecule has 0 N–H and O–H groups in total. The first kappa shape index (κ1) is 11.6. The third-order valence-electron chi connectivity index (χ3n) is 1.75. The fourth-order valence-electron chi connectivity index (χ4n) is 1.09. The van der Waals surface area contributed by atoms with Gasteiger partial charge in [0.15, 0.2) is 0 Å². The van der Waals surface area contributed by atoms with Crippen LogP contribution in [0.5, 0.6) is 11.5 Å². The van der Waals surface area contributed by atoms with Gasteiger partial charge in [-0.25, -0.2) is 0 Å². The van der Waals surface area contributed by atoms with Gasteiger partial charge in [-0.1, -0.05) is 12.7 Å². The summed E-state index contributed by atoms with van der Waals surface area (Å²) in [5, 5.41) is -0.573. The number of halogens is 1. The summed E-state index contributed by atoms with van der Waals surface area (Å²) in [4.78, 5) is 11.1. The zero-order valence-corrected chi connectivity index (χ0v) is 9.08. The van der Waals surface area contributed by atoms with Crippen molar-refractivity contribution in [1.29, 1.82) is 0 Å². The third kappa shape index (κ3) is 2.99. The van der Waals surface area contributed by atoms with E-state index in [2.05, 4.69) is 6.58 Å². The number of hydrogen-bond acceptors (Lipinski definition) is 3. The lowest BCUT2D eigenvalue weighted by Crippen LogP contribution is -1.98. The minimum atomic E-state index is -0.573. The van der Waals surface area contributed by atoms with Crippen molar-refractivity contribution in [2.24, 2.45) is 0 Å². The molecule has 0 aliphatic rings. The second-order valence-electron chi connectivity index (χ2n) is 2.74. The summed E-state index contributed by atoms with van der Waals surface area (Å²) in [6.07, 6.45) is 1.62. The second kappa shape index (κ2) is 5.41. The average Bonchev–Trinajstić information content (AvgIpc) is 2.25. The van der Waals surface area contributed by atoms with E-state index in [-0.39, 0.29) is 0 Å². The number of carbonyl (C=O) groups is 1. The van der Waals surface area contributed by atoms with Crippen LogP contribution in [-0.2, 0) is 0 Å². The number of benzene rings is 1. The zero-order valence-electron chi connectivity index (χ0n) is 8.33. The quantitative estimate of drug-likeness (QED) is 0.572. The van der Waals surface area contributed by atoms with E-state index < -0.39 is 5.24 Å². The third-order valence-corrected chi connectivity index (χ3v) is 1.95. The fraction of sp³-hybridized carbons (Fsp3) is 0.182. The molecule has 1 aromatic carbocycles. The van der Waals surface area contributed by atoms with Gasteiger partial charge in [0.2, 0.25) is 0 Å². The lowest BCUT2D eigenvalue weighted by atomic mass is 10.2. The van der Waals surface area contributed by atoms with Crippen LogP contribution in [0.1, 0.15) is 10.4 Å². The van der Waals surface area contributed by atoms with Crippen LogP contribution >= 0.6 is 11.6 Å². The standard InChI is InChI=1S/C11H11ClO3/c1-3-6-15-8-4-5-10(14-2)9(7-8)11(12)13/h3-5,7H,1,6H2,2H3. The molecule has 0 spiro atoms. The maximum absolute atomic E-state index is 11.1. The van der Waals surface area contributed by atoms with Crippen LogP contribution in [0.4, 0.5) is 0 Å². The van der Waals surface area contributed by atoms with E-state index in [4.69, 9.17) is 21.1 Å². The van der Waals surface area contributed by atoms with E-state index in [1.165, 1.54) is 13.2 Å². The van der Waals surface area contributed by atoms with Crippen LogP contribution in [-0.4, -0.2) is 19.0 Å². The molecule has 1 aromatic rings. The van der Waals surface area contributed by atoms with Crippen molar-refractivity contribution in [3.05, 3.63) is 36.4 Å². The highest BCUT2D eigenvalue weighted by Gasteiger charge is 2.10. The van der Waals surface area contributed by atoms with Gasteiger partial charge in [0.25, 0.3) is 5.24 Å². The maximum Gasteiger partial charge on any atom is 0.256 e. The normalized spacial score (nSPS) is 9.47. The van der Waals surface area contributed by atoms with Crippen LogP contribution in [0.25, 0.3) is 0 Å². The zero-order chi connectivity index (χ0) is 11.3. The van der Waals surface area contributed by atoms with Gasteiger partial charge in [-0.15, -0.1) is 0 Å². The smallest absolute Gasteiger partial charge is 0.256 e. The van der Waals surface area contributed by atoms with Crippen LogP contribution < -0.4 is 9.47 Å². The molecule has 0 unspecified atom stereocenters. The fourth-order valence-corrected chi connectivity index (χ4v) is 1.23. The van der Waals surface area contributed by atoms with Crippen molar-refractivity contribution in [2.75, 3.05) is 13.7 Å². The highest BCUT2D eigenvalue weighted by molar-refractivity contribution is 6.68. The molecule has 15 heavy (non-hydrogen) atoms. The van der Waals surface area contributed by atoms with Crippen molar-refractivity contribution in [2.45, 2.75) is 0 Å². The van der Waals surface area contributed by atoms with Gasteiger partial charge < -0.3 is 9.47 Å². The molecule has 0 saturated heterocycles. The van der Waals surface area contributed by atoms with Gasteiger partial charge in [-0.05, 0) is 29.8 Å². The topological polar surface area (TPSA) is 35.5 Å². The van der Waals surface area contributed by atoms with E-state index in [0.29, 0.717) is 23.7 Å². The Balaban J connectivity index is 2.99. The summed E-state index contributed by atoms with van der Waals surface area (Å²) in [7, 11) is 1.48. The van der Waals surface area contributed by atoms with Crippen molar-refractivity contribution in [1.82, 2.24) is 0 Å². The molecular formula is C11H11ClO3. The Morgan fingerprint density at radius 3 is 2.87 bits per heavy atom. The summed E-state index contributed by atoms with van der Waals surface area (Å²) in [6.45, 7) is 3.90. The second-order valence-corrected chi connectivity index (χ2v) is 3.08. The molecule has 0 fully saturated rings. The van der Waals surface area contributed by atoms with Crippen molar-refractivity contribution >= 4 is 16.8 Å². The Bertz CT molecular complexity index is 374. The Hall–Kier alpha value is -1.48. The van der Waals surface area contributed by atoms with Gasteiger partial charge in [0.1, 0.15) is 18.1 Å². The molecule has 1 rings (SSSR count). The van der Waals surface area contributed by atoms with E-state index in [0.717, 1.165) is 0 Å². The molecule has 0 atom stereocenters. The summed E-state index contributed by atoms with van der Waals surface area (Å²) < 4.78 is 10.2. The Labute approximate surface area is 93.3 Å². The van der Waals surface area contributed by atoms with E-state index >= 15 is 0 Å². The molecule has 0 heterocycles. The van der Waals surface area contributed by atoms with Crippen LogP contribution in [0.2, 0.25) is 0 Å². The predicted molar refractivity (Wildman–Crippen MR) is 58.9 cm³/mol. The SMILES string of the molecule is C=CCOc1ccc(OC)c(C(=O)Cl)c1. The highest BCUT2D eigenvalue weighted by atomic mass is 35.5. The number of methoxy groups -OCH3 is 1. The first-order valence-corrected chi connectivity index (χ1v) is 4.68. The summed E-state index contributed by atoms with van der Waals surface area (Å²) in [6, 6.07) is 4.87. The van der Waals surface area contributed by atoms with E-state index in [1.807, 2.05) is 0 Å². The van der Waals surface area contributed by atoms with Gasteiger partial charge in [0, 0.05) is 0 Å². The molecule has 0 bridgehead atoms. The Morgan fingerprint density at radius 1 is 1.60 bits per heavy atom. The minimum Gasteiger partial charge on any atom is -0.496 e. The Morgan fingerprint density at radius 2 is 2.33 bits per heavy atom. The van der Waals surface area contributed by atoms with E-state index in [1.54, 1.807) is 18.2 Å². The Kier molecular flexibility index (Phi) is 4.18. The first-order chi connectivity index (χ1) is 7.19. The molecule has 80 valence electrons. The molecule has 0 saturated carbocycles. The summed E-state index contributed by atoms with van der Waals surface area (Å²) in [5.41, 5.74) is 0.292. The van der Waals surface area contributed by atoms with Crippen molar-refractivity contribution in [3.63, 3.8) is 0 Å². The highest BCUT2D eigenvalue weighted by Crippen LogP contribution is 2.25. The van der Waals surface area contributed by atoms with Gasteiger partial charge in [-0.3, -0.25) is 4.79 Å². The van der Waals surface area contributed by atoms with E-state index in [9.17, 15) is 4.79 Å². The van der Waals surface area contributed by atoms with Crippen LogP contribution in [0.3, 0.4) is 0 Å². The molecule has 0 aliphatic heterocycles. The lowest BCUT2D eigenvalue weighted by Gasteiger charge is -2.08. The molecule has 0 radical (unpaired) electrons. The van der Waals surface area contributed by atoms with Crippen LogP contribution in [0, 0.1) is 0 Å². The monoisotopic (exact) mass is 226 g/mol. The molecule has 3 nitrogen and oxygen atoms in total. The number of carbonyl (C=O) groups excluding carboxylic acids is 1. The first-order valence-electron chi connectivity index (χ1n) is 4.30. The lowest BCUT2D eigenvalue weighted by molar-refractivity contribution is 0.107. The maximum atomic E-state index is 11.1. The number of rotatable bonds is 5. The number of ether oxygens (including phenoxy) is 2. The summed E-state index contributed by atoms with van der Waals surface area (Å²) >= 11 is 5.40. The summed E-state index contributed by atoms with van der Waals surface area (Å²) in [5.74, 6) is 0.987.